The number of sulfonamides is 1. The molecule has 0 saturated carbocycles. The van der Waals surface area contributed by atoms with E-state index in [1.165, 1.54) is 26.2 Å². The first kappa shape index (κ1) is 17.4. The molecule has 1 heterocycles. The zero-order chi connectivity index (χ0) is 17.2. The molecule has 0 spiro atoms. The second-order valence-electron chi connectivity index (χ2n) is 5.81. The highest BCUT2D eigenvalue weighted by Crippen LogP contribution is 2.20. The lowest BCUT2D eigenvalue weighted by Gasteiger charge is -2.31. The fourth-order valence-electron chi connectivity index (χ4n) is 2.58. The molecular weight excluding hydrogens is 318 g/mol. The van der Waals surface area contributed by atoms with Gasteiger partial charge in [-0.15, -0.1) is 0 Å². The van der Waals surface area contributed by atoms with Crippen LogP contribution in [0.2, 0.25) is 0 Å². The van der Waals surface area contributed by atoms with E-state index >= 15 is 0 Å². The monoisotopic (exact) mass is 339 g/mol. The largest absolute Gasteiger partial charge is 0.369 e. The maximum Gasteiger partial charge on any atom is 0.253 e. The quantitative estimate of drug-likeness (QED) is 0.851. The number of carbonyl (C=O) groups excluding carboxylic acids is 2. The Bertz CT molecular complexity index is 715. The Kier molecular flexibility index (Phi) is 5.06. The van der Waals surface area contributed by atoms with Crippen LogP contribution >= 0.6 is 0 Å². The third-order valence-electron chi connectivity index (χ3n) is 3.97. The first-order valence-corrected chi connectivity index (χ1v) is 8.78. The predicted octanol–water partition coefficient (Wildman–Crippen LogP) is 0.274. The van der Waals surface area contributed by atoms with Gasteiger partial charge in [0.1, 0.15) is 0 Å². The summed E-state index contributed by atoms with van der Waals surface area (Å²) in [6.45, 7) is 0.812. The zero-order valence-electron chi connectivity index (χ0n) is 13.2. The molecule has 0 aliphatic carbocycles. The third kappa shape index (κ3) is 3.70. The molecule has 2 rings (SSSR count). The van der Waals surface area contributed by atoms with E-state index < -0.39 is 15.9 Å². The predicted molar refractivity (Wildman–Crippen MR) is 85.1 cm³/mol. The van der Waals surface area contributed by atoms with Gasteiger partial charge in [0.05, 0.1) is 10.8 Å². The van der Waals surface area contributed by atoms with Crippen LogP contribution in [0.4, 0.5) is 0 Å². The summed E-state index contributed by atoms with van der Waals surface area (Å²) in [5.74, 6) is -1.04. The Balaban J connectivity index is 2.25. The first-order chi connectivity index (χ1) is 10.7. The number of primary amides is 1. The number of hydrogen-bond acceptors (Lipinski definition) is 4. The van der Waals surface area contributed by atoms with Gasteiger partial charge >= 0.3 is 0 Å². The van der Waals surface area contributed by atoms with Gasteiger partial charge in [-0.2, -0.15) is 0 Å². The summed E-state index contributed by atoms with van der Waals surface area (Å²) in [6.07, 6.45) is 1.38. The van der Waals surface area contributed by atoms with E-state index in [2.05, 4.69) is 0 Å². The molecular formula is C15H21N3O4S. The van der Waals surface area contributed by atoms with Gasteiger partial charge in [0.15, 0.2) is 0 Å². The average Bonchev–Trinajstić information content (AvgIpc) is 2.54. The van der Waals surface area contributed by atoms with Crippen LogP contribution in [0, 0.1) is 5.92 Å². The fraction of sp³-hybridized carbons (Fsp3) is 0.467. The molecule has 0 aromatic heterocycles. The number of piperidine rings is 1. The molecule has 1 aliphatic heterocycles. The van der Waals surface area contributed by atoms with Crippen molar-refractivity contribution in [3.05, 3.63) is 29.8 Å². The lowest BCUT2D eigenvalue weighted by molar-refractivity contribution is -0.123. The minimum atomic E-state index is -3.60. The second kappa shape index (κ2) is 6.67. The molecule has 0 bridgehead atoms. The van der Waals surface area contributed by atoms with Crippen molar-refractivity contribution in [3.8, 4) is 0 Å². The number of nitrogens with two attached hydrogens (primary N) is 1. The first-order valence-electron chi connectivity index (χ1n) is 7.34. The standard InChI is InChI=1S/C15H21N3O4S/c1-17(2)23(21,22)13-7-3-5-11(9-13)15(20)18-8-4-6-12(10-18)14(16)19/h3,5,7,9,12H,4,6,8,10H2,1-2H3,(H2,16,19)/t12-/m0/s1. The van der Waals surface area contributed by atoms with Crippen LogP contribution in [0.1, 0.15) is 23.2 Å². The molecule has 7 nitrogen and oxygen atoms in total. The molecule has 8 heteroatoms. The van der Waals surface area contributed by atoms with Crippen LogP contribution in [0.15, 0.2) is 29.2 Å². The normalized spacial score (nSPS) is 18.9. The van der Waals surface area contributed by atoms with Crippen molar-refractivity contribution < 1.29 is 18.0 Å². The molecule has 1 fully saturated rings. The number of carbonyl (C=O) groups is 2. The summed E-state index contributed by atoms with van der Waals surface area (Å²) in [6, 6.07) is 5.93. The van der Waals surface area contributed by atoms with E-state index in [-0.39, 0.29) is 28.8 Å². The Hall–Kier alpha value is -1.93. The number of hydrogen-bond donors (Lipinski definition) is 1. The summed E-state index contributed by atoms with van der Waals surface area (Å²) in [5.41, 5.74) is 5.61. The maximum absolute atomic E-state index is 12.6. The van der Waals surface area contributed by atoms with Crippen molar-refractivity contribution in [3.63, 3.8) is 0 Å². The highest BCUT2D eigenvalue weighted by molar-refractivity contribution is 7.89. The van der Waals surface area contributed by atoms with Gasteiger partial charge in [-0.05, 0) is 31.0 Å². The number of likely N-dealkylation sites (tertiary alicyclic amines) is 1. The zero-order valence-corrected chi connectivity index (χ0v) is 14.0. The number of benzene rings is 1. The van der Waals surface area contributed by atoms with Crippen LogP contribution < -0.4 is 5.73 Å². The van der Waals surface area contributed by atoms with Crippen LogP contribution in [-0.2, 0) is 14.8 Å². The van der Waals surface area contributed by atoms with Gasteiger partial charge in [0, 0.05) is 32.7 Å². The molecule has 2 N–H and O–H groups in total. The van der Waals surface area contributed by atoms with Crippen molar-refractivity contribution >= 4 is 21.8 Å². The van der Waals surface area contributed by atoms with Crippen molar-refractivity contribution in [2.24, 2.45) is 11.7 Å². The van der Waals surface area contributed by atoms with Gasteiger partial charge in [-0.3, -0.25) is 9.59 Å². The van der Waals surface area contributed by atoms with E-state index in [0.29, 0.717) is 19.4 Å². The molecule has 126 valence electrons. The Morgan fingerprint density at radius 1 is 1.30 bits per heavy atom. The summed E-state index contributed by atoms with van der Waals surface area (Å²) in [7, 11) is -0.727. The van der Waals surface area contributed by atoms with Gasteiger partial charge in [-0.1, -0.05) is 6.07 Å². The van der Waals surface area contributed by atoms with Gasteiger partial charge in [0.2, 0.25) is 15.9 Å². The minimum absolute atomic E-state index is 0.0665. The molecule has 1 aromatic rings. The van der Waals surface area contributed by atoms with E-state index in [1.54, 1.807) is 17.0 Å². The number of rotatable bonds is 4. The number of amides is 2. The molecule has 1 saturated heterocycles. The topological polar surface area (TPSA) is 101 Å². The minimum Gasteiger partial charge on any atom is -0.369 e. The van der Waals surface area contributed by atoms with Crippen molar-refractivity contribution in [1.82, 2.24) is 9.21 Å². The molecule has 1 aliphatic rings. The summed E-state index contributed by atoms with van der Waals surface area (Å²) < 4.78 is 25.4. The van der Waals surface area contributed by atoms with Crippen LogP contribution in [0.5, 0.6) is 0 Å². The van der Waals surface area contributed by atoms with Crippen LogP contribution in [0.3, 0.4) is 0 Å². The van der Waals surface area contributed by atoms with Crippen molar-refractivity contribution in [1.29, 1.82) is 0 Å². The summed E-state index contributed by atoms with van der Waals surface area (Å²) in [4.78, 5) is 25.5. The Morgan fingerprint density at radius 3 is 2.61 bits per heavy atom. The SMILES string of the molecule is CN(C)S(=O)(=O)c1cccc(C(=O)N2CCC[C@H](C(N)=O)C2)c1. The Labute approximate surface area is 136 Å². The maximum atomic E-state index is 12.6. The van der Waals surface area contributed by atoms with E-state index in [4.69, 9.17) is 5.73 Å². The highest BCUT2D eigenvalue weighted by Gasteiger charge is 2.28. The van der Waals surface area contributed by atoms with Gasteiger partial charge < -0.3 is 10.6 Å². The highest BCUT2D eigenvalue weighted by atomic mass is 32.2. The summed E-state index contributed by atoms with van der Waals surface area (Å²) >= 11 is 0. The molecule has 2 amide bonds. The molecule has 0 radical (unpaired) electrons. The fourth-order valence-corrected chi connectivity index (χ4v) is 3.52. The molecule has 0 unspecified atom stereocenters. The lowest BCUT2D eigenvalue weighted by atomic mass is 9.97. The lowest BCUT2D eigenvalue weighted by Crippen LogP contribution is -2.44. The number of nitrogens with zero attached hydrogens (tertiary/aromatic N) is 2. The van der Waals surface area contributed by atoms with Gasteiger partial charge in [-0.25, -0.2) is 12.7 Å². The van der Waals surface area contributed by atoms with Gasteiger partial charge in [0.25, 0.3) is 5.91 Å². The Morgan fingerprint density at radius 2 is 2.00 bits per heavy atom. The van der Waals surface area contributed by atoms with Crippen molar-refractivity contribution in [2.45, 2.75) is 17.7 Å². The third-order valence-corrected chi connectivity index (χ3v) is 5.78. The van der Waals surface area contributed by atoms with E-state index in [0.717, 1.165) is 4.31 Å². The molecule has 23 heavy (non-hydrogen) atoms. The van der Waals surface area contributed by atoms with E-state index in [9.17, 15) is 18.0 Å². The van der Waals surface area contributed by atoms with Crippen molar-refractivity contribution in [2.75, 3.05) is 27.2 Å². The smallest absolute Gasteiger partial charge is 0.253 e. The van der Waals surface area contributed by atoms with Crippen LogP contribution in [0.25, 0.3) is 0 Å². The average molecular weight is 339 g/mol. The second-order valence-corrected chi connectivity index (χ2v) is 7.96. The summed E-state index contributed by atoms with van der Waals surface area (Å²) in [5, 5.41) is 0. The van der Waals surface area contributed by atoms with Crippen LogP contribution in [-0.4, -0.2) is 56.6 Å². The molecule has 1 aromatic carbocycles. The van der Waals surface area contributed by atoms with E-state index in [1.807, 2.05) is 0 Å². The molecule has 1 atom stereocenters.